The number of nitrogens with zero attached hydrogens (tertiary/aromatic N) is 5. The highest BCUT2D eigenvalue weighted by molar-refractivity contribution is 6.45. The van der Waals surface area contributed by atoms with E-state index in [0.717, 1.165) is 24.0 Å². The molecule has 0 radical (unpaired) electrons. The Morgan fingerprint density at radius 1 is 0.895 bits per heavy atom. The molecule has 11 heteroatoms. The van der Waals surface area contributed by atoms with Gasteiger partial charge in [0.25, 0.3) is 5.95 Å². The standard InChI is InChI=1S/C27H31N7O4/c1-3-9-29-24(37)13-17-5-7-20(22(35)11-17)32-26-19(15-28)16-31-27(34-26)33-21-8-6-18(12-23(21)36)14-25(38)30-10-4-2/h11-12,16H,3-10,13-14H2,1-2H3,(H,29,37)(H,30,38). The first-order valence-electron chi connectivity index (χ1n) is 12.8. The molecule has 2 amide bonds. The van der Waals surface area contributed by atoms with Crippen LogP contribution in [-0.4, -0.2) is 57.9 Å². The number of hydrogen-bond donors (Lipinski definition) is 2. The molecule has 0 fully saturated rings. The van der Waals surface area contributed by atoms with Crippen molar-refractivity contribution in [1.29, 1.82) is 5.26 Å². The molecule has 2 aliphatic rings. The van der Waals surface area contributed by atoms with Crippen LogP contribution in [0.5, 0.6) is 0 Å². The van der Waals surface area contributed by atoms with Crippen LogP contribution in [0.1, 0.15) is 70.8 Å². The monoisotopic (exact) mass is 517 g/mol. The van der Waals surface area contributed by atoms with E-state index >= 15 is 0 Å². The Kier molecular flexibility index (Phi) is 10.3. The van der Waals surface area contributed by atoms with Gasteiger partial charge in [0, 0.05) is 25.9 Å². The number of carbonyl (C=O) groups excluding carboxylic acids is 4. The van der Waals surface area contributed by atoms with Gasteiger partial charge in [0.15, 0.2) is 17.4 Å². The first kappa shape index (κ1) is 28.2. The van der Waals surface area contributed by atoms with Crippen LogP contribution >= 0.6 is 0 Å². The molecule has 1 heterocycles. The summed E-state index contributed by atoms with van der Waals surface area (Å²) in [5.74, 6) is -0.960. The molecule has 0 bridgehead atoms. The first-order valence-corrected chi connectivity index (χ1v) is 12.8. The Morgan fingerprint density at radius 3 is 1.89 bits per heavy atom. The molecule has 38 heavy (non-hydrogen) atoms. The van der Waals surface area contributed by atoms with Crippen molar-refractivity contribution in [2.75, 3.05) is 13.1 Å². The van der Waals surface area contributed by atoms with E-state index in [1.54, 1.807) is 0 Å². The topological polar surface area (TPSA) is 167 Å². The van der Waals surface area contributed by atoms with E-state index in [2.05, 4.69) is 30.6 Å². The maximum atomic E-state index is 12.6. The molecule has 3 rings (SSSR count). The van der Waals surface area contributed by atoms with Crippen molar-refractivity contribution in [3.8, 4) is 6.07 Å². The van der Waals surface area contributed by atoms with Gasteiger partial charge in [-0.3, -0.25) is 19.2 Å². The van der Waals surface area contributed by atoms with Crippen molar-refractivity contribution < 1.29 is 19.2 Å². The number of hydrogen-bond acceptors (Lipinski definition) is 9. The van der Waals surface area contributed by atoms with Gasteiger partial charge in [0.1, 0.15) is 11.6 Å². The lowest BCUT2D eigenvalue weighted by molar-refractivity contribution is -0.121. The van der Waals surface area contributed by atoms with Gasteiger partial charge in [0.05, 0.1) is 17.6 Å². The van der Waals surface area contributed by atoms with Crippen LogP contribution in [-0.2, 0) is 19.2 Å². The van der Waals surface area contributed by atoms with Crippen LogP contribution in [0, 0.1) is 11.3 Å². The second kappa shape index (κ2) is 13.8. The quantitative estimate of drug-likeness (QED) is 0.481. The van der Waals surface area contributed by atoms with Crippen LogP contribution < -0.4 is 10.6 Å². The number of ketones is 2. The van der Waals surface area contributed by atoms with Gasteiger partial charge < -0.3 is 10.6 Å². The van der Waals surface area contributed by atoms with Crippen molar-refractivity contribution in [3.63, 3.8) is 0 Å². The molecule has 1 aromatic heterocycles. The summed E-state index contributed by atoms with van der Waals surface area (Å²) in [6.45, 7) is 5.11. The Morgan fingerprint density at radius 2 is 1.42 bits per heavy atom. The molecule has 198 valence electrons. The molecule has 2 N–H and O–H groups in total. The minimum Gasteiger partial charge on any atom is -0.356 e. The van der Waals surface area contributed by atoms with Crippen molar-refractivity contribution in [2.45, 2.75) is 65.2 Å². The zero-order valence-electron chi connectivity index (χ0n) is 21.7. The van der Waals surface area contributed by atoms with E-state index in [1.807, 2.05) is 19.9 Å². The number of allylic oxidation sites excluding steroid dienone is 2. The predicted molar refractivity (Wildman–Crippen MR) is 141 cm³/mol. The number of rotatable bonds is 10. The van der Waals surface area contributed by atoms with Gasteiger partial charge in [0.2, 0.25) is 11.8 Å². The van der Waals surface area contributed by atoms with Gasteiger partial charge in [-0.2, -0.15) is 10.2 Å². The third-order valence-corrected chi connectivity index (χ3v) is 5.88. The summed E-state index contributed by atoms with van der Waals surface area (Å²) in [5, 5.41) is 15.0. The third kappa shape index (κ3) is 8.09. The predicted octanol–water partition coefficient (Wildman–Crippen LogP) is 2.90. The molecule has 11 nitrogen and oxygen atoms in total. The summed E-state index contributed by atoms with van der Waals surface area (Å²) in [4.78, 5) is 66.0. The van der Waals surface area contributed by atoms with Crippen LogP contribution in [0.4, 0.5) is 11.8 Å². The number of carbonyl (C=O) groups is 4. The molecule has 0 aliphatic heterocycles. The SMILES string of the molecule is CCCNC(=O)CC1=CC(=O)C(=Nc2ncc(C#N)c(N=C3CCC(CC(=O)NCCC)=CC3=O)n2)CC1. The van der Waals surface area contributed by atoms with E-state index in [9.17, 15) is 24.4 Å². The van der Waals surface area contributed by atoms with Gasteiger partial charge >= 0.3 is 0 Å². The molecule has 1 aromatic rings. The molecule has 0 unspecified atom stereocenters. The lowest BCUT2D eigenvalue weighted by Gasteiger charge is -2.14. The van der Waals surface area contributed by atoms with E-state index in [0.29, 0.717) is 38.8 Å². The summed E-state index contributed by atoms with van der Waals surface area (Å²) in [7, 11) is 0. The van der Waals surface area contributed by atoms with Crippen LogP contribution in [0.15, 0.2) is 39.5 Å². The van der Waals surface area contributed by atoms with Gasteiger partial charge in [-0.05, 0) is 50.7 Å². The normalized spacial score (nSPS) is 17.6. The molecule has 2 aliphatic carbocycles. The van der Waals surface area contributed by atoms with Gasteiger partial charge in [-0.1, -0.05) is 25.0 Å². The van der Waals surface area contributed by atoms with Gasteiger partial charge in [-0.25, -0.2) is 15.0 Å². The molecular weight excluding hydrogens is 486 g/mol. The Hall–Kier alpha value is -4.33. The van der Waals surface area contributed by atoms with Crippen LogP contribution in [0.3, 0.4) is 0 Å². The van der Waals surface area contributed by atoms with E-state index in [1.165, 1.54) is 18.3 Å². The Bertz CT molecular complexity index is 1280. The summed E-state index contributed by atoms with van der Waals surface area (Å²) in [6.07, 6.45) is 7.72. The van der Waals surface area contributed by atoms with Crippen molar-refractivity contribution in [1.82, 2.24) is 20.6 Å². The van der Waals surface area contributed by atoms with E-state index in [-0.39, 0.29) is 65.0 Å². The molecule has 0 spiro atoms. The summed E-state index contributed by atoms with van der Waals surface area (Å²) in [6, 6.07) is 1.96. The minimum absolute atomic E-state index is 0.00479. The highest BCUT2D eigenvalue weighted by atomic mass is 16.2. The van der Waals surface area contributed by atoms with Crippen molar-refractivity contribution >= 4 is 46.6 Å². The molecule has 0 atom stereocenters. The summed E-state index contributed by atoms with van der Waals surface area (Å²) >= 11 is 0. The Balaban J connectivity index is 1.74. The summed E-state index contributed by atoms with van der Waals surface area (Å²) < 4.78 is 0. The van der Waals surface area contributed by atoms with E-state index < -0.39 is 0 Å². The fraction of sp³-hybridized carbons (Fsp3) is 0.444. The van der Waals surface area contributed by atoms with E-state index in [4.69, 9.17) is 0 Å². The molecule has 0 aromatic carbocycles. The first-order chi connectivity index (χ1) is 18.3. The minimum atomic E-state index is -0.340. The second-order valence-corrected chi connectivity index (χ2v) is 9.02. The van der Waals surface area contributed by atoms with Crippen LogP contribution in [0.25, 0.3) is 0 Å². The maximum Gasteiger partial charge on any atom is 0.251 e. The fourth-order valence-electron chi connectivity index (χ4n) is 3.88. The zero-order valence-corrected chi connectivity index (χ0v) is 21.7. The number of nitriles is 1. The smallest absolute Gasteiger partial charge is 0.251 e. The van der Waals surface area contributed by atoms with Crippen molar-refractivity contribution in [3.05, 3.63) is 35.1 Å². The zero-order chi connectivity index (χ0) is 27.5. The van der Waals surface area contributed by atoms with Crippen molar-refractivity contribution in [2.24, 2.45) is 9.98 Å². The van der Waals surface area contributed by atoms with Gasteiger partial charge in [-0.15, -0.1) is 0 Å². The maximum absolute atomic E-state index is 12.6. The third-order valence-electron chi connectivity index (χ3n) is 5.88. The molecule has 0 saturated carbocycles. The largest absolute Gasteiger partial charge is 0.356 e. The molecular formula is C27H31N7O4. The number of aromatic nitrogens is 2. The van der Waals surface area contributed by atoms with Crippen LogP contribution in [0.2, 0.25) is 0 Å². The average molecular weight is 518 g/mol. The molecule has 0 saturated heterocycles. The number of aliphatic imine (C=N–C) groups is 2. The highest BCUT2D eigenvalue weighted by Crippen LogP contribution is 2.24. The summed E-state index contributed by atoms with van der Waals surface area (Å²) in [5.41, 5.74) is 2.00. The second-order valence-electron chi connectivity index (χ2n) is 9.02. The highest BCUT2D eigenvalue weighted by Gasteiger charge is 2.22. The number of nitrogens with one attached hydrogen (secondary N) is 2. The lowest BCUT2D eigenvalue weighted by atomic mass is 9.94. The number of amides is 2. The lowest BCUT2D eigenvalue weighted by Crippen LogP contribution is -2.26. The Labute approximate surface area is 221 Å². The fourth-order valence-corrected chi connectivity index (χ4v) is 3.88. The average Bonchev–Trinajstić information content (AvgIpc) is 2.89.